The van der Waals surface area contributed by atoms with Crippen molar-refractivity contribution in [2.45, 2.75) is 19.1 Å². The minimum absolute atomic E-state index is 0.0814. The van der Waals surface area contributed by atoms with E-state index in [0.717, 1.165) is 40.8 Å². The maximum atomic E-state index is 5.91. The predicted octanol–water partition coefficient (Wildman–Crippen LogP) is 4.47. The number of anilines is 1. The van der Waals surface area contributed by atoms with E-state index in [2.05, 4.69) is 28.5 Å². The molecule has 6 nitrogen and oxygen atoms in total. The molecule has 0 bridgehead atoms. The zero-order valence-corrected chi connectivity index (χ0v) is 16.5. The number of rotatable bonds is 6. The van der Waals surface area contributed by atoms with Gasteiger partial charge in [-0.3, -0.25) is 0 Å². The highest BCUT2D eigenvalue weighted by Gasteiger charge is 2.17. The molecule has 1 aliphatic heterocycles. The van der Waals surface area contributed by atoms with Gasteiger partial charge in [0.05, 0.1) is 24.4 Å². The summed E-state index contributed by atoms with van der Waals surface area (Å²) < 4.78 is 11.3. The van der Waals surface area contributed by atoms with E-state index in [1.807, 2.05) is 48.5 Å². The Morgan fingerprint density at radius 3 is 2.73 bits per heavy atom. The molecule has 30 heavy (non-hydrogen) atoms. The summed E-state index contributed by atoms with van der Waals surface area (Å²) in [4.78, 5) is 13.8. The van der Waals surface area contributed by atoms with Gasteiger partial charge in [0, 0.05) is 36.2 Å². The van der Waals surface area contributed by atoms with Gasteiger partial charge in [-0.05, 0) is 17.7 Å². The molecule has 0 amide bonds. The van der Waals surface area contributed by atoms with Crippen LogP contribution < -0.4 is 10.1 Å². The van der Waals surface area contributed by atoms with E-state index < -0.39 is 0 Å². The fourth-order valence-electron chi connectivity index (χ4n) is 3.55. The van der Waals surface area contributed by atoms with Gasteiger partial charge in [-0.15, -0.1) is 0 Å². The van der Waals surface area contributed by atoms with Crippen LogP contribution in [-0.2, 0) is 11.3 Å². The quantitative estimate of drug-likeness (QED) is 0.517. The minimum Gasteiger partial charge on any atom is -0.472 e. The van der Waals surface area contributed by atoms with Crippen molar-refractivity contribution in [2.75, 3.05) is 18.5 Å². The Balaban J connectivity index is 1.38. The fraction of sp³-hybridized carbons (Fsp3) is 0.208. The summed E-state index contributed by atoms with van der Waals surface area (Å²) in [5.41, 5.74) is 3.95. The summed E-state index contributed by atoms with van der Waals surface area (Å²) >= 11 is 0. The Kier molecular flexibility index (Phi) is 5.23. The zero-order chi connectivity index (χ0) is 20.2. The second kappa shape index (κ2) is 8.47. The van der Waals surface area contributed by atoms with Crippen molar-refractivity contribution in [1.29, 1.82) is 0 Å². The highest BCUT2D eigenvalue weighted by Crippen LogP contribution is 2.27. The molecule has 0 aliphatic carbocycles. The summed E-state index contributed by atoms with van der Waals surface area (Å²) in [5, 5.41) is 4.39. The second-order valence-electron chi connectivity index (χ2n) is 7.24. The van der Waals surface area contributed by atoms with Gasteiger partial charge in [0.1, 0.15) is 6.10 Å². The summed E-state index contributed by atoms with van der Waals surface area (Å²) in [5.74, 6) is 1.21. The van der Waals surface area contributed by atoms with Crippen molar-refractivity contribution in [3.05, 3.63) is 78.5 Å². The number of aromatic nitrogens is 3. The van der Waals surface area contributed by atoms with Crippen molar-refractivity contribution >= 4 is 16.9 Å². The standard InChI is InChI=1S/C24H22N4O2/c1-2-6-18(7-3-1)23-20-8-4-5-9-21(20)27-24(28-23)26-15-17-10-12-25-22(14-17)30-19-11-13-29-16-19/h1-10,12,14,19H,11,13,15-16H2,(H,26,27,28). The lowest BCUT2D eigenvalue weighted by Crippen LogP contribution is -2.16. The first-order valence-electron chi connectivity index (χ1n) is 10.1. The third-order valence-corrected chi connectivity index (χ3v) is 5.08. The molecule has 6 heteroatoms. The molecule has 1 aliphatic rings. The third-order valence-electron chi connectivity index (χ3n) is 5.08. The molecule has 1 atom stereocenters. The monoisotopic (exact) mass is 398 g/mol. The number of hydrogen-bond donors (Lipinski definition) is 1. The van der Waals surface area contributed by atoms with E-state index in [4.69, 9.17) is 19.4 Å². The van der Waals surface area contributed by atoms with Crippen LogP contribution in [0, 0.1) is 0 Å². The average Bonchev–Trinajstić information content (AvgIpc) is 3.31. The van der Waals surface area contributed by atoms with Crippen LogP contribution in [0.5, 0.6) is 5.88 Å². The molecule has 0 saturated carbocycles. The molecule has 0 radical (unpaired) electrons. The maximum Gasteiger partial charge on any atom is 0.224 e. The van der Waals surface area contributed by atoms with Crippen molar-refractivity contribution < 1.29 is 9.47 Å². The molecule has 0 spiro atoms. The number of para-hydroxylation sites is 1. The number of pyridine rings is 1. The Hall–Kier alpha value is -3.51. The Morgan fingerprint density at radius 1 is 1.00 bits per heavy atom. The second-order valence-corrected chi connectivity index (χ2v) is 7.24. The largest absolute Gasteiger partial charge is 0.472 e. The minimum atomic E-state index is 0.0814. The molecular formula is C24H22N4O2. The smallest absolute Gasteiger partial charge is 0.224 e. The Morgan fingerprint density at radius 2 is 1.87 bits per heavy atom. The van der Waals surface area contributed by atoms with Crippen LogP contribution >= 0.6 is 0 Å². The van der Waals surface area contributed by atoms with Crippen molar-refractivity contribution in [3.8, 4) is 17.1 Å². The molecule has 1 saturated heterocycles. The third kappa shape index (κ3) is 4.09. The predicted molar refractivity (Wildman–Crippen MR) is 116 cm³/mol. The topological polar surface area (TPSA) is 69.2 Å². The van der Waals surface area contributed by atoms with Crippen molar-refractivity contribution in [2.24, 2.45) is 0 Å². The van der Waals surface area contributed by atoms with E-state index >= 15 is 0 Å². The molecule has 3 heterocycles. The molecule has 2 aromatic heterocycles. The maximum absolute atomic E-state index is 5.91. The number of benzene rings is 2. The van der Waals surface area contributed by atoms with Gasteiger partial charge in [0.2, 0.25) is 11.8 Å². The lowest BCUT2D eigenvalue weighted by molar-refractivity contribution is 0.138. The first kappa shape index (κ1) is 18.5. The van der Waals surface area contributed by atoms with E-state index in [1.54, 1.807) is 6.20 Å². The molecule has 1 N–H and O–H groups in total. The first-order valence-corrected chi connectivity index (χ1v) is 10.1. The molecule has 4 aromatic rings. The summed E-state index contributed by atoms with van der Waals surface area (Å²) in [7, 11) is 0. The number of nitrogens with zero attached hydrogens (tertiary/aromatic N) is 3. The van der Waals surface area contributed by atoms with Gasteiger partial charge in [-0.2, -0.15) is 0 Å². The van der Waals surface area contributed by atoms with Crippen LogP contribution in [0.4, 0.5) is 5.95 Å². The Labute approximate surface area is 174 Å². The molecule has 150 valence electrons. The molecule has 1 fully saturated rings. The highest BCUT2D eigenvalue weighted by molar-refractivity contribution is 5.93. The molecule has 2 aromatic carbocycles. The van der Waals surface area contributed by atoms with E-state index in [9.17, 15) is 0 Å². The van der Waals surface area contributed by atoms with Crippen molar-refractivity contribution in [1.82, 2.24) is 15.0 Å². The van der Waals surface area contributed by atoms with Crippen LogP contribution in [0.15, 0.2) is 72.9 Å². The van der Waals surface area contributed by atoms with Crippen LogP contribution in [0.1, 0.15) is 12.0 Å². The van der Waals surface area contributed by atoms with E-state index in [-0.39, 0.29) is 6.10 Å². The number of ether oxygens (including phenoxy) is 2. The lowest BCUT2D eigenvalue weighted by atomic mass is 10.1. The van der Waals surface area contributed by atoms with Gasteiger partial charge in [-0.25, -0.2) is 15.0 Å². The highest BCUT2D eigenvalue weighted by atomic mass is 16.5. The van der Waals surface area contributed by atoms with Gasteiger partial charge < -0.3 is 14.8 Å². The van der Waals surface area contributed by atoms with Crippen LogP contribution in [0.3, 0.4) is 0 Å². The molecular weight excluding hydrogens is 376 g/mol. The fourth-order valence-corrected chi connectivity index (χ4v) is 3.55. The zero-order valence-electron chi connectivity index (χ0n) is 16.5. The summed E-state index contributed by atoms with van der Waals surface area (Å²) in [6, 6.07) is 22.2. The van der Waals surface area contributed by atoms with Gasteiger partial charge >= 0.3 is 0 Å². The number of fused-ring (bicyclic) bond motifs is 1. The average molecular weight is 398 g/mol. The molecule has 1 unspecified atom stereocenters. The van der Waals surface area contributed by atoms with Gasteiger partial charge in [0.15, 0.2) is 0 Å². The SMILES string of the molecule is c1ccc(-c2nc(NCc3ccnc(OC4CCOC4)c3)nc3ccccc23)cc1. The van der Waals surface area contributed by atoms with Gasteiger partial charge in [-0.1, -0.05) is 48.5 Å². The lowest BCUT2D eigenvalue weighted by Gasteiger charge is -2.13. The first-order chi connectivity index (χ1) is 14.8. The Bertz CT molecular complexity index is 1140. The van der Waals surface area contributed by atoms with Crippen LogP contribution in [0.25, 0.3) is 22.2 Å². The number of hydrogen-bond acceptors (Lipinski definition) is 6. The summed E-state index contributed by atoms with van der Waals surface area (Å²) in [6.45, 7) is 1.94. The van der Waals surface area contributed by atoms with E-state index in [1.165, 1.54) is 0 Å². The molecule has 5 rings (SSSR count). The number of nitrogens with one attached hydrogen (secondary N) is 1. The van der Waals surface area contributed by atoms with Crippen LogP contribution in [0.2, 0.25) is 0 Å². The van der Waals surface area contributed by atoms with Crippen LogP contribution in [-0.4, -0.2) is 34.3 Å². The normalized spacial score (nSPS) is 15.9. The van der Waals surface area contributed by atoms with Crippen molar-refractivity contribution in [3.63, 3.8) is 0 Å². The summed E-state index contributed by atoms with van der Waals surface area (Å²) in [6.07, 6.45) is 2.74. The van der Waals surface area contributed by atoms with Gasteiger partial charge in [0.25, 0.3) is 0 Å². The van der Waals surface area contributed by atoms with E-state index in [0.29, 0.717) is 25.0 Å².